The molecule has 0 aliphatic heterocycles. The van der Waals surface area contributed by atoms with Crippen LogP contribution in [0.15, 0.2) is 200 Å². The largest absolute Gasteiger partial charge is 0.309 e. The second kappa shape index (κ2) is 12.8. The first-order valence-electron chi connectivity index (χ1n) is 19.6. The summed E-state index contributed by atoms with van der Waals surface area (Å²) in [6.07, 6.45) is 0. The van der Waals surface area contributed by atoms with Crippen molar-refractivity contribution >= 4 is 65.2 Å². The molecular formula is C53H33N5. The van der Waals surface area contributed by atoms with Crippen molar-refractivity contribution in [2.24, 2.45) is 0 Å². The van der Waals surface area contributed by atoms with Crippen LogP contribution in [0.4, 0.5) is 0 Å². The second-order valence-corrected chi connectivity index (χ2v) is 14.8. The van der Waals surface area contributed by atoms with Crippen LogP contribution in [0.2, 0.25) is 0 Å². The van der Waals surface area contributed by atoms with Crippen molar-refractivity contribution in [2.45, 2.75) is 0 Å². The summed E-state index contributed by atoms with van der Waals surface area (Å²) in [5, 5.41) is 9.64. The Hall–Kier alpha value is -7.89. The van der Waals surface area contributed by atoms with Gasteiger partial charge in [-0.3, -0.25) is 0 Å². The van der Waals surface area contributed by atoms with E-state index >= 15 is 0 Å². The molecule has 5 heteroatoms. The van der Waals surface area contributed by atoms with Gasteiger partial charge >= 0.3 is 0 Å². The van der Waals surface area contributed by atoms with E-state index in [9.17, 15) is 0 Å². The van der Waals surface area contributed by atoms with E-state index in [1.807, 2.05) is 60.7 Å². The van der Waals surface area contributed by atoms with E-state index in [-0.39, 0.29) is 0 Å². The molecule has 0 spiro atoms. The number of benzene rings is 9. The summed E-state index contributed by atoms with van der Waals surface area (Å²) >= 11 is 0. The lowest BCUT2D eigenvalue weighted by Crippen LogP contribution is -2.00. The second-order valence-electron chi connectivity index (χ2n) is 14.8. The van der Waals surface area contributed by atoms with E-state index < -0.39 is 0 Å². The average molecular weight is 740 g/mol. The molecule has 0 atom stereocenters. The maximum Gasteiger partial charge on any atom is 0.164 e. The Bertz CT molecular complexity index is 3510. The van der Waals surface area contributed by atoms with Gasteiger partial charge in [-0.2, -0.15) is 0 Å². The molecular weight excluding hydrogens is 707 g/mol. The van der Waals surface area contributed by atoms with Crippen LogP contribution in [0.5, 0.6) is 0 Å². The van der Waals surface area contributed by atoms with Gasteiger partial charge in [0.25, 0.3) is 0 Å². The van der Waals surface area contributed by atoms with Crippen molar-refractivity contribution in [3.05, 3.63) is 200 Å². The Morgan fingerprint density at radius 2 is 0.776 bits per heavy atom. The van der Waals surface area contributed by atoms with Gasteiger partial charge in [-0.25, -0.2) is 15.0 Å². The molecule has 9 aromatic carbocycles. The monoisotopic (exact) mass is 739 g/mol. The van der Waals surface area contributed by atoms with E-state index in [0.29, 0.717) is 17.5 Å². The van der Waals surface area contributed by atoms with Gasteiger partial charge < -0.3 is 9.13 Å². The lowest BCUT2D eigenvalue weighted by Gasteiger charge is -2.13. The van der Waals surface area contributed by atoms with E-state index in [4.69, 9.17) is 15.0 Å². The van der Waals surface area contributed by atoms with Gasteiger partial charge in [0.2, 0.25) is 0 Å². The van der Waals surface area contributed by atoms with Crippen LogP contribution in [0.3, 0.4) is 0 Å². The van der Waals surface area contributed by atoms with Crippen molar-refractivity contribution in [3.8, 4) is 45.5 Å². The lowest BCUT2D eigenvalue weighted by molar-refractivity contribution is 1.08. The van der Waals surface area contributed by atoms with Crippen LogP contribution in [-0.2, 0) is 0 Å². The Labute approximate surface area is 333 Å². The number of aromatic nitrogens is 5. The number of fused-ring (bicyclic) bond motifs is 9. The summed E-state index contributed by atoms with van der Waals surface area (Å²) < 4.78 is 4.84. The molecule has 0 saturated heterocycles. The number of hydrogen-bond acceptors (Lipinski definition) is 3. The molecule has 0 aliphatic rings. The topological polar surface area (TPSA) is 48.5 Å². The molecule has 3 aromatic heterocycles. The third-order valence-corrected chi connectivity index (χ3v) is 11.5. The molecule has 12 rings (SSSR count). The zero-order valence-electron chi connectivity index (χ0n) is 31.3. The fraction of sp³-hybridized carbons (Fsp3) is 0. The number of rotatable bonds is 5. The maximum absolute atomic E-state index is 5.07. The molecule has 58 heavy (non-hydrogen) atoms. The Morgan fingerprint density at radius 3 is 1.40 bits per heavy atom. The summed E-state index contributed by atoms with van der Waals surface area (Å²) in [7, 11) is 0. The van der Waals surface area contributed by atoms with Crippen LogP contribution in [0.1, 0.15) is 0 Å². The fourth-order valence-electron chi connectivity index (χ4n) is 8.92. The quantitative estimate of drug-likeness (QED) is 0.177. The predicted molar refractivity (Wildman–Crippen MR) is 240 cm³/mol. The fourth-order valence-corrected chi connectivity index (χ4v) is 8.92. The Balaban J connectivity index is 1.06. The zero-order valence-corrected chi connectivity index (χ0v) is 31.3. The Kier molecular flexibility index (Phi) is 7.16. The molecule has 5 nitrogen and oxygen atoms in total. The van der Waals surface area contributed by atoms with Crippen LogP contribution in [0.25, 0.3) is 111 Å². The first kappa shape index (κ1) is 32.4. The summed E-state index contributed by atoms with van der Waals surface area (Å²) in [5.41, 5.74) is 9.84. The standard InChI is InChI=1S/C53H33N5/c1-3-15-35(16-4-1)51-54-52(36-17-5-2-6-18-36)56-53(55-51)42-23-13-20-38-33-40(28-29-41(38)42)58-46-25-12-10-22-44(46)50-48(58)31-30-47-49(50)43-21-9-11-24-45(43)57(47)39-27-26-34-14-7-8-19-37(34)32-39/h1-33H. The highest BCUT2D eigenvalue weighted by Gasteiger charge is 2.21. The molecule has 0 saturated carbocycles. The number of para-hydroxylation sites is 2. The van der Waals surface area contributed by atoms with Gasteiger partial charge in [-0.05, 0) is 70.1 Å². The normalized spacial score (nSPS) is 11.8. The highest BCUT2D eigenvalue weighted by atomic mass is 15.0. The molecule has 0 N–H and O–H groups in total. The van der Waals surface area contributed by atoms with Gasteiger partial charge in [0.1, 0.15) is 0 Å². The molecule has 3 heterocycles. The van der Waals surface area contributed by atoms with E-state index in [1.165, 1.54) is 54.4 Å². The van der Waals surface area contributed by atoms with Crippen molar-refractivity contribution in [1.82, 2.24) is 24.1 Å². The van der Waals surface area contributed by atoms with Crippen molar-refractivity contribution in [3.63, 3.8) is 0 Å². The van der Waals surface area contributed by atoms with Crippen LogP contribution >= 0.6 is 0 Å². The first-order chi connectivity index (χ1) is 28.8. The van der Waals surface area contributed by atoms with Crippen molar-refractivity contribution in [1.29, 1.82) is 0 Å². The van der Waals surface area contributed by atoms with Crippen LogP contribution in [0, 0.1) is 0 Å². The lowest BCUT2D eigenvalue weighted by atomic mass is 10.0. The molecule has 270 valence electrons. The summed E-state index contributed by atoms with van der Waals surface area (Å²) in [4.78, 5) is 15.1. The highest BCUT2D eigenvalue weighted by molar-refractivity contribution is 6.29. The molecule has 0 radical (unpaired) electrons. The Morgan fingerprint density at radius 1 is 0.293 bits per heavy atom. The summed E-state index contributed by atoms with van der Waals surface area (Å²) in [6, 6.07) is 71.0. The van der Waals surface area contributed by atoms with E-state index in [0.717, 1.165) is 38.8 Å². The third-order valence-electron chi connectivity index (χ3n) is 11.5. The SMILES string of the molecule is c1ccc(-c2nc(-c3ccccc3)nc(-c3cccc4cc(-n5c6ccccc6c6c7c8ccccc8n(-c8ccc9ccccc9c8)c7ccc65)ccc34)n2)cc1. The van der Waals surface area contributed by atoms with Gasteiger partial charge in [0.05, 0.1) is 22.1 Å². The summed E-state index contributed by atoms with van der Waals surface area (Å²) in [5.74, 6) is 1.95. The van der Waals surface area contributed by atoms with E-state index in [1.54, 1.807) is 0 Å². The summed E-state index contributed by atoms with van der Waals surface area (Å²) in [6.45, 7) is 0. The van der Waals surface area contributed by atoms with Gasteiger partial charge in [-0.1, -0.05) is 152 Å². The minimum Gasteiger partial charge on any atom is -0.309 e. The highest BCUT2D eigenvalue weighted by Crippen LogP contribution is 2.43. The van der Waals surface area contributed by atoms with Gasteiger partial charge in [0, 0.05) is 49.6 Å². The van der Waals surface area contributed by atoms with Crippen molar-refractivity contribution < 1.29 is 0 Å². The van der Waals surface area contributed by atoms with Gasteiger partial charge in [-0.15, -0.1) is 0 Å². The third kappa shape index (κ3) is 5.00. The van der Waals surface area contributed by atoms with Crippen molar-refractivity contribution in [2.75, 3.05) is 0 Å². The predicted octanol–water partition coefficient (Wildman–Crippen LogP) is 13.4. The molecule has 0 fully saturated rings. The van der Waals surface area contributed by atoms with Crippen LogP contribution < -0.4 is 0 Å². The van der Waals surface area contributed by atoms with Crippen LogP contribution in [-0.4, -0.2) is 24.1 Å². The maximum atomic E-state index is 5.07. The molecule has 0 aliphatic carbocycles. The van der Waals surface area contributed by atoms with Gasteiger partial charge in [0.15, 0.2) is 17.5 Å². The molecule has 12 aromatic rings. The number of hydrogen-bond donors (Lipinski definition) is 0. The first-order valence-corrected chi connectivity index (χ1v) is 19.6. The van der Waals surface area contributed by atoms with E-state index in [2.05, 4.69) is 149 Å². The molecule has 0 bridgehead atoms. The molecule has 0 amide bonds. The minimum atomic E-state index is 0.646. The molecule has 0 unspecified atom stereocenters. The zero-order chi connectivity index (χ0) is 38.2. The number of nitrogens with zero attached hydrogens (tertiary/aromatic N) is 5. The smallest absolute Gasteiger partial charge is 0.164 e. The minimum absolute atomic E-state index is 0.646. The average Bonchev–Trinajstić information content (AvgIpc) is 3.82.